The summed E-state index contributed by atoms with van der Waals surface area (Å²) in [5, 5.41) is 13.3. The van der Waals surface area contributed by atoms with Crippen molar-refractivity contribution >= 4 is 5.91 Å². The molecule has 17 heavy (non-hydrogen) atoms. The van der Waals surface area contributed by atoms with E-state index in [0.717, 1.165) is 32.5 Å². The van der Waals surface area contributed by atoms with E-state index in [0.29, 0.717) is 0 Å². The van der Waals surface area contributed by atoms with E-state index in [1.165, 1.54) is 0 Å². The van der Waals surface area contributed by atoms with Gasteiger partial charge in [-0.05, 0) is 31.6 Å². The van der Waals surface area contributed by atoms with E-state index in [4.69, 9.17) is 0 Å². The smallest absolute Gasteiger partial charge is 0.295 e. The Kier molecular flexibility index (Phi) is 3.68. The van der Waals surface area contributed by atoms with Crippen LogP contribution in [0.4, 0.5) is 0 Å². The molecular formula is C10H18N6O. The number of hydrogen-bond donors (Lipinski definition) is 1. The van der Waals surface area contributed by atoms with Gasteiger partial charge in [0.2, 0.25) is 0 Å². The number of nitrogens with zero attached hydrogens (tertiary/aromatic N) is 5. The number of carbonyl (C=O) groups excluding carboxylic acids is 1. The summed E-state index contributed by atoms with van der Waals surface area (Å²) in [5.41, 5.74) is 0. The molecule has 0 aliphatic carbocycles. The Bertz CT molecular complexity index is 365. The summed E-state index contributed by atoms with van der Waals surface area (Å²) < 4.78 is 0. The van der Waals surface area contributed by atoms with Crippen molar-refractivity contribution in [1.82, 2.24) is 30.4 Å². The van der Waals surface area contributed by atoms with E-state index in [9.17, 15) is 4.79 Å². The molecule has 1 aliphatic heterocycles. The summed E-state index contributed by atoms with van der Waals surface area (Å²) >= 11 is 0. The number of likely N-dealkylation sites (N-methyl/N-ethyl adjacent to an activating group) is 1. The van der Waals surface area contributed by atoms with Gasteiger partial charge in [-0.25, -0.2) is 0 Å². The van der Waals surface area contributed by atoms with Gasteiger partial charge < -0.3 is 9.80 Å². The van der Waals surface area contributed by atoms with Crippen molar-refractivity contribution in [3.63, 3.8) is 0 Å². The third-order valence-electron chi connectivity index (χ3n) is 3.17. The SMILES string of the molecule is CCC1CN(C)CCCN1C(=O)c1nn[nH]n1. The highest BCUT2D eigenvalue weighted by Gasteiger charge is 2.28. The highest BCUT2D eigenvalue weighted by atomic mass is 16.2. The van der Waals surface area contributed by atoms with Crippen molar-refractivity contribution < 1.29 is 4.79 Å². The maximum atomic E-state index is 12.2. The predicted octanol–water partition coefficient (Wildman–Crippen LogP) is -0.244. The standard InChI is InChI=1S/C10H18N6O/c1-3-8-7-15(2)5-4-6-16(8)10(17)9-11-13-14-12-9/h8H,3-7H2,1-2H3,(H,11,12,13,14). The van der Waals surface area contributed by atoms with Crippen molar-refractivity contribution in [2.24, 2.45) is 0 Å². The van der Waals surface area contributed by atoms with Gasteiger partial charge in [0.05, 0.1) is 0 Å². The monoisotopic (exact) mass is 238 g/mol. The van der Waals surface area contributed by atoms with Crippen LogP contribution in [0.5, 0.6) is 0 Å². The second-order valence-electron chi connectivity index (χ2n) is 4.41. The van der Waals surface area contributed by atoms with E-state index < -0.39 is 0 Å². The largest absolute Gasteiger partial charge is 0.332 e. The Labute approximate surface area is 100 Å². The molecule has 2 rings (SSSR count). The zero-order chi connectivity index (χ0) is 12.3. The molecule has 1 aromatic heterocycles. The topological polar surface area (TPSA) is 78.0 Å². The van der Waals surface area contributed by atoms with Crippen molar-refractivity contribution in [3.8, 4) is 0 Å². The zero-order valence-electron chi connectivity index (χ0n) is 10.3. The molecule has 1 fully saturated rings. The van der Waals surface area contributed by atoms with Gasteiger partial charge in [-0.2, -0.15) is 5.21 Å². The number of amides is 1. The number of carbonyl (C=O) groups is 1. The van der Waals surface area contributed by atoms with E-state index in [2.05, 4.69) is 39.5 Å². The molecule has 94 valence electrons. The molecule has 1 N–H and O–H groups in total. The Morgan fingerprint density at radius 2 is 2.35 bits per heavy atom. The number of tetrazole rings is 1. The maximum absolute atomic E-state index is 12.2. The molecule has 1 atom stereocenters. The van der Waals surface area contributed by atoms with Gasteiger partial charge >= 0.3 is 0 Å². The highest BCUT2D eigenvalue weighted by molar-refractivity contribution is 5.90. The fourth-order valence-electron chi connectivity index (χ4n) is 2.24. The first-order valence-corrected chi connectivity index (χ1v) is 5.95. The lowest BCUT2D eigenvalue weighted by atomic mass is 10.2. The van der Waals surface area contributed by atoms with Gasteiger partial charge in [0.25, 0.3) is 11.7 Å². The average Bonchev–Trinajstić information content (AvgIpc) is 2.78. The zero-order valence-corrected chi connectivity index (χ0v) is 10.3. The lowest BCUT2D eigenvalue weighted by Gasteiger charge is -2.29. The van der Waals surface area contributed by atoms with Gasteiger partial charge in [0.1, 0.15) is 0 Å². The Balaban J connectivity index is 2.14. The third-order valence-corrected chi connectivity index (χ3v) is 3.17. The normalized spacial score (nSPS) is 22.5. The van der Waals surface area contributed by atoms with Gasteiger partial charge in [-0.3, -0.25) is 4.79 Å². The van der Waals surface area contributed by atoms with Crippen molar-refractivity contribution in [1.29, 1.82) is 0 Å². The summed E-state index contributed by atoms with van der Waals surface area (Å²) in [6.07, 6.45) is 1.92. The summed E-state index contributed by atoms with van der Waals surface area (Å²) in [4.78, 5) is 16.3. The van der Waals surface area contributed by atoms with E-state index in [-0.39, 0.29) is 17.8 Å². The van der Waals surface area contributed by atoms with Crippen molar-refractivity contribution in [3.05, 3.63) is 5.82 Å². The Morgan fingerprint density at radius 1 is 1.53 bits per heavy atom. The quantitative estimate of drug-likeness (QED) is 0.769. The second-order valence-corrected chi connectivity index (χ2v) is 4.41. The molecule has 0 radical (unpaired) electrons. The Hall–Kier alpha value is -1.50. The summed E-state index contributed by atoms with van der Waals surface area (Å²) in [7, 11) is 2.09. The molecule has 1 unspecified atom stereocenters. The molecule has 0 aromatic carbocycles. The van der Waals surface area contributed by atoms with Crippen molar-refractivity contribution in [2.45, 2.75) is 25.8 Å². The molecular weight excluding hydrogens is 220 g/mol. The first-order valence-electron chi connectivity index (χ1n) is 5.95. The molecule has 0 bridgehead atoms. The number of aromatic amines is 1. The van der Waals surface area contributed by atoms with Crippen LogP contribution in [-0.2, 0) is 0 Å². The van der Waals surface area contributed by atoms with Gasteiger partial charge in [-0.15, -0.1) is 10.2 Å². The predicted molar refractivity (Wildman–Crippen MR) is 61.4 cm³/mol. The van der Waals surface area contributed by atoms with Crippen LogP contribution in [0.1, 0.15) is 30.4 Å². The highest BCUT2D eigenvalue weighted by Crippen LogP contribution is 2.13. The second kappa shape index (κ2) is 5.22. The minimum atomic E-state index is -0.124. The molecule has 1 aromatic rings. The van der Waals surface area contributed by atoms with Crippen LogP contribution in [0.25, 0.3) is 0 Å². The van der Waals surface area contributed by atoms with E-state index >= 15 is 0 Å². The molecule has 1 saturated heterocycles. The van der Waals surface area contributed by atoms with Crippen LogP contribution in [0.2, 0.25) is 0 Å². The molecule has 0 spiro atoms. The molecule has 1 amide bonds. The molecule has 1 aliphatic rings. The van der Waals surface area contributed by atoms with Crippen LogP contribution >= 0.6 is 0 Å². The van der Waals surface area contributed by atoms with Crippen molar-refractivity contribution in [2.75, 3.05) is 26.7 Å². The van der Waals surface area contributed by atoms with Crippen LogP contribution in [0, 0.1) is 0 Å². The number of aromatic nitrogens is 4. The summed E-state index contributed by atoms with van der Waals surface area (Å²) in [6, 6.07) is 0.230. The van der Waals surface area contributed by atoms with Gasteiger partial charge in [0, 0.05) is 19.1 Å². The Morgan fingerprint density at radius 3 is 3.00 bits per heavy atom. The van der Waals surface area contributed by atoms with E-state index in [1.54, 1.807) is 0 Å². The fourth-order valence-corrected chi connectivity index (χ4v) is 2.24. The van der Waals surface area contributed by atoms with E-state index in [1.807, 2.05) is 4.90 Å². The first kappa shape index (κ1) is 12.0. The lowest BCUT2D eigenvalue weighted by molar-refractivity contribution is 0.0663. The number of nitrogens with one attached hydrogen (secondary N) is 1. The van der Waals surface area contributed by atoms with Gasteiger partial charge in [-0.1, -0.05) is 6.92 Å². The number of hydrogen-bond acceptors (Lipinski definition) is 5. The number of H-pyrrole nitrogens is 1. The molecule has 7 nitrogen and oxygen atoms in total. The summed E-state index contributed by atoms with van der Waals surface area (Å²) in [6.45, 7) is 4.78. The average molecular weight is 238 g/mol. The summed E-state index contributed by atoms with van der Waals surface area (Å²) in [5.74, 6) is 0.0360. The van der Waals surface area contributed by atoms with Crippen LogP contribution in [-0.4, -0.2) is 69.1 Å². The molecule has 7 heteroatoms. The van der Waals surface area contributed by atoms with Crippen LogP contribution in [0.15, 0.2) is 0 Å². The van der Waals surface area contributed by atoms with Crippen LogP contribution < -0.4 is 0 Å². The lowest BCUT2D eigenvalue weighted by Crippen LogP contribution is -2.43. The number of rotatable bonds is 2. The minimum absolute atomic E-state index is 0.124. The fraction of sp³-hybridized carbons (Fsp3) is 0.800. The van der Waals surface area contributed by atoms with Crippen LogP contribution in [0.3, 0.4) is 0 Å². The van der Waals surface area contributed by atoms with Gasteiger partial charge in [0.15, 0.2) is 0 Å². The minimum Gasteiger partial charge on any atom is -0.332 e. The molecule has 2 heterocycles. The first-order chi connectivity index (χ1) is 8.22. The maximum Gasteiger partial charge on any atom is 0.295 e. The molecule has 0 saturated carbocycles. The third kappa shape index (κ3) is 2.60.